The van der Waals surface area contributed by atoms with Gasteiger partial charge in [0.2, 0.25) is 5.91 Å². The van der Waals surface area contributed by atoms with E-state index in [4.69, 9.17) is 23.1 Å². The number of carbonyl (C=O) groups excluding carboxylic acids is 2. The highest BCUT2D eigenvalue weighted by Crippen LogP contribution is 2.19. The summed E-state index contributed by atoms with van der Waals surface area (Å²) in [7, 11) is 0. The lowest BCUT2D eigenvalue weighted by atomic mass is 10.1. The average molecular weight is 284 g/mol. The molecule has 0 unspecified atom stereocenters. The first-order chi connectivity index (χ1) is 8.95. The lowest BCUT2D eigenvalue weighted by Crippen LogP contribution is -2.39. The molecule has 0 spiro atoms. The molecule has 0 aliphatic heterocycles. The number of amides is 2. The number of primary amides is 1. The molecule has 4 N–H and O–H groups in total. The Balaban J connectivity index is 2.93. The Labute approximate surface area is 117 Å². The van der Waals surface area contributed by atoms with Crippen molar-refractivity contribution < 1.29 is 9.59 Å². The molecule has 19 heavy (non-hydrogen) atoms. The number of hydrogen-bond donors (Lipinski definition) is 2. The summed E-state index contributed by atoms with van der Waals surface area (Å²) in [5.41, 5.74) is 11.6. The van der Waals surface area contributed by atoms with Crippen LogP contribution in [-0.4, -0.2) is 29.8 Å². The van der Waals surface area contributed by atoms with Crippen LogP contribution in [0.5, 0.6) is 0 Å². The van der Waals surface area contributed by atoms with Crippen LogP contribution in [0.1, 0.15) is 30.1 Å². The normalized spacial score (nSPS) is 10.2. The van der Waals surface area contributed by atoms with Crippen LogP contribution in [0.3, 0.4) is 0 Å². The van der Waals surface area contributed by atoms with Crippen molar-refractivity contribution >= 4 is 29.1 Å². The van der Waals surface area contributed by atoms with Gasteiger partial charge in [0.15, 0.2) is 0 Å². The van der Waals surface area contributed by atoms with Crippen LogP contribution >= 0.6 is 11.6 Å². The number of nitrogen functional groups attached to an aromatic ring is 1. The van der Waals surface area contributed by atoms with Gasteiger partial charge in [0.1, 0.15) is 0 Å². The molecule has 0 radical (unpaired) electrons. The number of benzene rings is 1. The molecule has 0 bridgehead atoms. The third-order valence-electron chi connectivity index (χ3n) is 2.66. The van der Waals surface area contributed by atoms with Crippen LogP contribution in [0.2, 0.25) is 5.02 Å². The Kier molecular flexibility index (Phi) is 5.63. The topological polar surface area (TPSA) is 89.4 Å². The zero-order valence-corrected chi connectivity index (χ0v) is 11.6. The lowest BCUT2D eigenvalue weighted by molar-refractivity contribution is -0.118. The van der Waals surface area contributed by atoms with Gasteiger partial charge >= 0.3 is 0 Å². The van der Waals surface area contributed by atoms with Gasteiger partial charge in [-0.05, 0) is 24.6 Å². The van der Waals surface area contributed by atoms with Gasteiger partial charge in [-0.25, -0.2) is 0 Å². The van der Waals surface area contributed by atoms with Crippen LogP contribution in [0.15, 0.2) is 18.2 Å². The van der Waals surface area contributed by atoms with E-state index in [2.05, 4.69) is 0 Å². The highest BCUT2D eigenvalue weighted by atomic mass is 35.5. The van der Waals surface area contributed by atoms with E-state index in [1.54, 1.807) is 12.1 Å². The molecule has 0 fully saturated rings. The van der Waals surface area contributed by atoms with Crippen molar-refractivity contribution in [3.05, 3.63) is 28.8 Å². The van der Waals surface area contributed by atoms with Gasteiger partial charge in [-0.15, -0.1) is 0 Å². The fourth-order valence-corrected chi connectivity index (χ4v) is 1.87. The number of nitrogens with zero attached hydrogens (tertiary/aromatic N) is 1. The summed E-state index contributed by atoms with van der Waals surface area (Å²) in [5, 5.41) is 0.462. The highest BCUT2D eigenvalue weighted by Gasteiger charge is 2.19. The molecule has 0 atom stereocenters. The van der Waals surface area contributed by atoms with E-state index < -0.39 is 5.91 Å². The maximum atomic E-state index is 12.3. The van der Waals surface area contributed by atoms with E-state index in [1.165, 1.54) is 11.0 Å². The van der Waals surface area contributed by atoms with Crippen molar-refractivity contribution in [2.45, 2.75) is 19.8 Å². The molecule has 5 nitrogen and oxygen atoms in total. The number of nitrogens with two attached hydrogens (primary N) is 2. The minimum atomic E-state index is -0.544. The van der Waals surface area contributed by atoms with Crippen molar-refractivity contribution in [1.82, 2.24) is 4.90 Å². The molecule has 1 aromatic carbocycles. The Bertz CT molecular complexity index is 477. The monoisotopic (exact) mass is 283 g/mol. The summed E-state index contributed by atoms with van der Waals surface area (Å²) in [6.07, 6.45) is 1.71. The molecule has 6 heteroatoms. The quantitative estimate of drug-likeness (QED) is 0.778. The molecule has 0 saturated heterocycles. The summed E-state index contributed by atoms with van der Waals surface area (Å²) in [4.78, 5) is 24.7. The van der Waals surface area contributed by atoms with Crippen molar-refractivity contribution in [3.8, 4) is 0 Å². The van der Waals surface area contributed by atoms with E-state index in [1.807, 2.05) is 6.92 Å². The van der Waals surface area contributed by atoms with E-state index in [-0.39, 0.29) is 12.5 Å². The van der Waals surface area contributed by atoms with Gasteiger partial charge in [0, 0.05) is 17.3 Å². The minimum Gasteiger partial charge on any atom is -0.398 e. The second kappa shape index (κ2) is 6.99. The summed E-state index contributed by atoms with van der Waals surface area (Å²) in [6.45, 7) is 2.37. The van der Waals surface area contributed by atoms with E-state index in [9.17, 15) is 9.59 Å². The van der Waals surface area contributed by atoms with Gasteiger partial charge < -0.3 is 16.4 Å². The molecule has 1 rings (SSSR count). The smallest absolute Gasteiger partial charge is 0.256 e. The number of hydrogen-bond acceptors (Lipinski definition) is 3. The molecule has 0 aliphatic carbocycles. The maximum Gasteiger partial charge on any atom is 0.256 e. The number of unbranched alkanes of at least 4 members (excludes halogenated alkanes) is 1. The van der Waals surface area contributed by atoms with Crippen LogP contribution in [0.4, 0.5) is 5.69 Å². The molecular formula is C13H18ClN3O2. The number of anilines is 1. The van der Waals surface area contributed by atoms with Crippen molar-refractivity contribution in [3.63, 3.8) is 0 Å². The predicted octanol–water partition coefficient (Wildman–Crippen LogP) is 1.65. The third-order valence-corrected chi connectivity index (χ3v) is 2.89. The van der Waals surface area contributed by atoms with Crippen LogP contribution in [0, 0.1) is 0 Å². The van der Waals surface area contributed by atoms with Crippen LogP contribution in [-0.2, 0) is 4.79 Å². The Morgan fingerprint density at radius 2 is 2.05 bits per heavy atom. The zero-order chi connectivity index (χ0) is 14.4. The van der Waals surface area contributed by atoms with Gasteiger partial charge in [0.05, 0.1) is 12.1 Å². The molecule has 0 heterocycles. The van der Waals surface area contributed by atoms with Gasteiger partial charge in [0.25, 0.3) is 5.91 Å². The zero-order valence-electron chi connectivity index (χ0n) is 10.9. The predicted molar refractivity (Wildman–Crippen MR) is 75.9 cm³/mol. The highest BCUT2D eigenvalue weighted by molar-refractivity contribution is 6.31. The first kappa shape index (κ1) is 15.3. The standard InChI is InChI=1S/C13H18ClN3O2/c1-2-3-6-17(8-12(16)18)13(19)10-5-4-9(14)7-11(10)15/h4-5,7H,2-3,6,8,15H2,1H3,(H2,16,18). The van der Waals surface area contributed by atoms with Gasteiger partial charge in [-0.1, -0.05) is 24.9 Å². The first-order valence-corrected chi connectivity index (χ1v) is 6.46. The Morgan fingerprint density at radius 1 is 1.37 bits per heavy atom. The van der Waals surface area contributed by atoms with E-state index in [0.29, 0.717) is 22.8 Å². The van der Waals surface area contributed by atoms with Crippen LogP contribution < -0.4 is 11.5 Å². The molecule has 2 amide bonds. The van der Waals surface area contributed by atoms with E-state index in [0.717, 1.165) is 12.8 Å². The summed E-state index contributed by atoms with van der Waals surface area (Å²) in [6, 6.07) is 4.66. The largest absolute Gasteiger partial charge is 0.398 e. The number of rotatable bonds is 6. The molecule has 0 aliphatic rings. The molecule has 1 aromatic rings. The minimum absolute atomic E-state index is 0.110. The van der Waals surface area contributed by atoms with Crippen molar-refractivity contribution in [1.29, 1.82) is 0 Å². The fraction of sp³-hybridized carbons (Fsp3) is 0.385. The Hall–Kier alpha value is -1.75. The van der Waals surface area contributed by atoms with Gasteiger partial charge in [-0.2, -0.15) is 0 Å². The first-order valence-electron chi connectivity index (χ1n) is 6.08. The van der Waals surface area contributed by atoms with Crippen molar-refractivity contribution in [2.75, 3.05) is 18.8 Å². The molecular weight excluding hydrogens is 266 g/mol. The van der Waals surface area contributed by atoms with Gasteiger partial charge in [-0.3, -0.25) is 9.59 Å². The number of halogens is 1. The van der Waals surface area contributed by atoms with Crippen molar-refractivity contribution in [2.24, 2.45) is 5.73 Å². The van der Waals surface area contributed by atoms with E-state index >= 15 is 0 Å². The average Bonchev–Trinajstić information content (AvgIpc) is 2.33. The summed E-state index contributed by atoms with van der Waals surface area (Å²) in [5.74, 6) is -0.849. The molecule has 0 aromatic heterocycles. The maximum absolute atomic E-state index is 12.3. The lowest BCUT2D eigenvalue weighted by Gasteiger charge is -2.21. The second-order valence-corrected chi connectivity index (χ2v) is 4.71. The van der Waals surface area contributed by atoms with Crippen LogP contribution in [0.25, 0.3) is 0 Å². The summed E-state index contributed by atoms with van der Waals surface area (Å²) < 4.78 is 0. The molecule has 104 valence electrons. The number of carbonyl (C=O) groups is 2. The summed E-state index contributed by atoms with van der Waals surface area (Å²) >= 11 is 5.79. The fourth-order valence-electron chi connectivity index (χ4n) is 1.69. The SMILES string of the molecule is CCCCN(CC(N)=O)C(=O)c1ccc(Cl)cc1N. The molecule has 0 saturated carbocycles. The third kappa shape index (κ3) is 4.44. The Morgan fingerprint density at radius 3 is 2.58 bits per heavy atom. The second-order valence-electron chi connectivity index (χ2n) is 4.28.